The Labute approximate surface area is 185 Å². The molecule has 3 aromatic rings. The van der Waals surface area contributed by atoms with Crippen molar-refractivity contribution in [1.82, 2.24) is 0 Å². The third-order valence-electron chi connectivity index (χ3n) is 4.34. The van der Waals surface area contributed by atoms with Gasteiger partial charge in [-0.1, -0.05) is 12.1 Å². The van der Waals surface area contributed by atoms with Gasteiger partial charge in [-0.3, -0.25) is 9.44 Å². The van der Waals surface area contributed by atoms with Gasteiger partial charge in [-0.15, -0.1) is 0 Å². The molecule has 0 aliphatic carbocycles. The fraction of sp³-hybridized carbons (Fsp3) is 0.0952. The minimum Gasteiger partial charge on any atom is -0.497 e. The normalized spacial score (nSPS) is 11.5. The molecule has 0 heterocycles. The van der Waals surface area contributed by atoms with Crippen LogP contribution in [0.25, 0.3) is 0 Å². The number of carbonyl (C=O) groups is 1. The zero-order chi connectivity index (χ0) is 23.4. The van der Waals surface area contributed by atoms with Gasteiger partial charge in [-0.25, -0.2) is 21.6 Å². The van der Waals surface area contributed by atoms with E-state index in [1.165, 1.54) is 55.6 Å². The summed E-state index contributed by atoms with van der Waals surface area (Å²) in [7, 11) is -6.11. The number of carboxylic acids is 1. The maximum absolute atomic E-state index is 12.5. The van der Waals surface area contributed by atoms with Crippen molar-refractivity contribution in [3.63, 3.8) is 0 Å². The lowest BCUT2D eigenvalue weighted by atomic mass is 10.2. The van der Waals surface area contributed by atoms with E-state index in [-0.39, 0.29) is 21.9 Å². The summed E-state index contributed by atoms with van der Waals surface area (Å²) in [5.74, 6) is -0.861. The summed E-state index contributed by atoms with van der Waals surface area (Å²) in [6.07, 6.45) is 0. The van der Waals surface area contributed by atoms with Gasteiger partial charge in [0.1, 0.15) is 5.75 Å². The third-order valence-corrected chi connectivity index (χ3v) is 7.00. The molecule has 0 aromatic heterocycles. The van der Waals surface area contributed by atoms with Crippen LogP contribution in [0.2, 0.25) is 0 Å². The molecular weight excluding hydrogens is 456 g/mol. The Morgan fingerprint density at radius 3 is 1.88 bits per heavy atom. The first-order chi connectivity index (χ1) is 15.1. The van der Waals surface area contributed by atoms with E-state index in [4.69, 9.17) is 9.84 Å². The van der Waals surface area contributed by atoms with Gasteiger partial charge >= 0.3 is 5.97 Å². The van der Waals surface area contributed by atoms with Crippen LogP contribution in [0, 0.1) is 0 Å². The molecule has 0 spiro atoms. The van der Waals surface area contributed by atoms with Gasteiger partial charge in [0.2, 0.25) is 10.0 Å². The number of ether oxygens (including phenoxy) is 1. The number of methoxy groups -OCH3 is 1. The molecule has 11 heteroatoms. The molecule has 0 unspecified atom stereocenters. The van der Waals surface area contributed by atoms with Crippen molar-refractivity contribution in [3.8, 4) is 5.75 Å². The van der Waals surface area contributed by atoms with Crippen LogP contribution >= 0.6 is 0 Å². The second kappa shape index (κ2) is 9.28. The Morgan fingerprint density at radius 2 is 1.34 bits per heavy atom. The summed E-state index contributed by atoms with van der Waals surface area (Å²) in [4.78, 5) is 10.8. The van der Waals surface area contributed by atoms with Crippen LogP contribution in [0.1, 0.15) is 15.9 Å². The average Bonchev–Trinajstić information content (AvgIpc) is 2.75. The first-order valence-electron chi connectivity index (χ1n) is 9.18. The summed E-state index contributed by atoms with van der Waals surface area (Å²) in [5, 5.41) is 8.91. The van der Waals surface area contributed by atoms with Crippen molar-refractivity contribution in [1.29, 1.82) is 0 Å². The van der Waals surface area contributed by atoms with Crippen molar-refractivity contribution < 1.29 is 31.5 Å². The molecule has 0 radical (unpaired) electrons. The molecule has 0 bridgehead atoms. The number of sulfonamides is 2. The standard InChI is InChI=1S/C21H20N2O7S2/c1-30-19-10-8-17(9-11-19)22-31(26,27)14-15-2-6-18(7-3-15)23-32(28,29)20-12-4-16(5-13-20)21(24)25/h2-13,22-23H,14H2,1H3,(H,24,25). The molecule has 32 heavy (non-hydrogen) atoms. The molecule has 3 N–H and O–H groups in total. The molecule has 3 aromatic carbocycles. The van der Waals surface area contributed by atoms with Gasteiger partial charge in [0.15, 0.2) is 0 Å². The zero-order valence-corrected chi connectivity index (χ0v) is 18.5. The average molecular weight is 477 g/mol. The van der Waals surface area contributed by atoms with Gasteiger partial charge in [0.05, 0.1) is 23.3 Å². The number of hydrogen-bond acceptors (Lipinski definition) is 6. The number of anilines is 2. The molecule has 0 aliphatic heterocycles. The summed E-state index contributed by atoms with van der Waals surface area (Å²) in [6, 6.07) is 17.1. The van der Waals surface area contributed by atoms with Crippen molar-refractivity contribution in [3.05, 3.63) is 83.9 Å². The molecule has 0 fully saturated rings. The predicted molar refractivity (Wildman–Crippen MR) is 120 cm³/mol. The van der Waals surface area contributed by atoms with Crippen molar-refractivity contribution in [2.24, 2.45) is 0 Å². The Kier molecular flexibility index (Phi) is 6.70. The maximum Gasteiger partial charge on any atom is 0.335 e. The topological polar surface area (TPSA) is 139 Å². The zero-order valence-electron chi connectivity index (χ0n) is 16.8. The highest BCUT2D eigenvalue weighted by atomic mass is 32.2. The Morgan fingerprint density at radius 1 is 0.812 bits per heavy atom. The van der Waals surface area contributed by atoms with Crippen LogP contribution < -0.4 is 14.2 Å². The SMILES string of the molecule is COc1ccc(NS(=O)(=O)Cc2ccc(NS(=O)(=O)c3ccc(C(=O)O)cc3)cc2)cc1. The summed E-state index contributed by atoms with van der Waals surface area (Å²) in [5.41, 5.74) is 1.05. The molecule has 168 valence electrons. The molecule has 0 amide bonds. The van der Waals surface area contributed by atoms with Gasteiger partial charge in [0, 0.05) is 11.4 Å². The largest absolute Gasteiger partial charge is 0.497 e. The minimum absolute atomic E-state index is 0.0299. The lowest BCUT2D eigenvalue weighted by Gasteiger charge is -2.11. The lowest BCUT2D eigenvalue weighted by molar-refractivity contribution is 0.0696. The highest BCUT2D eigenvalue weighted by Gasteiger charge is 2.16. The highest BCUT2D eigenvalue weighted by molar-refractivity contribution is 7.92. The van der Waals surface area contributed by atoms with Gasteiger partial charge in [-0.05, 0) is 66.2 Å². The van der Waals surface area contributed by atoms with Crippen LogP contribution in [0.4, 0.5) is 11.4 Å². The van der Waals surface area contributed by atoms with Crippen LogP contribution in [0.15, 0.2) is 77.7 Å². The van der Waals surface area contributed by atoms with E-state index in [9.17, 15) is 21.6 Å². The molecular formula is C21H20N2O7S2. The maximum atomic E-state index is 12.5. The van der Waals surface area contributed by atoms with E-state index in [0.29, 0.717) is 17.0 Å². The first kappa shape index (κ1) is 23.1. The summed E-state index contributed by atoms with van der Waals surface area (Å²) >= 11 is 0. The smallest absolute Gasteiger partial charge is 0.335 e. The predicted octanol–water partition coefficient (Wildman–Crippen LogP) is 3.14. The van der Waals surface area contributed by atoms with E-state index >= 15 is 0 Å². The molecule has 0 saturated carbocycles. The third kappa shape index (κ3) is 5.99. The van der Waals surface area contributed by atoms with E-state index in [2.05, 4.69) is 9.44 Å². The highest BCUT2D eigenvalue weighted by Crippen LogP contribution is 2.20. The second-order valence-electron chi connectivity index (χ2n) is 6.72. The molecule has 0 atom stereocenters. The molecule has 3 rings (SSSR count). The summed E-state index contributed by atoms with van der Waals surface area (Å²) in [6.45, 7) is 0. The lowest BCUT2D eigenvalue weighted by Crippen LogP contribution is -2.15. The number of carboxylic acid groups (broad SMARTS) is 1. The number of hydrogen-bond donors (Lipinski definition) is 3. The summed E-state index contributed by atoms with van der Waals surface area (Å²) < 4.78 is 59.6. The van der Waals surface area contributed by atoms with Crippen molar-refractivity contribution in [2.75, 3.05) is 16.6 Å². The van der Waals surface area contributed by atoms with E-state index in [0.717, 1.165) is 0 Å². The monoisotopic (exact) mass is 476 g/mol. The van der Waals surface area contributed by atoms with Gasteiger partial charge in [-0.2, -0.15) is 0 Å². The molecule has 9 nitrogen and oxygen atoms in total. The number of nitrogens with one attached hydrogen (secondary N) is 2. The molecule has 0 aliphatic rings. The quantitative estimate of drug-likeness (QED) is 0.431. The minimum atomic E-state index is -3.93. The van der Waals surface area contributed by atoms with Crippen molar-refractivity contribution >= 4 is 37.4 Å². The number of aromatic carboxylic acids is 1. The Balaban J connectivity index is 1.66. The Hall–Kier alpha value is -3.57. The fourth-order valence-corrected chi connectivity index (χ4v) is 5.01. The van der Waals surface area contributed by atoms with Crippen LogP contribution in [0.3, 0.4) is 0 Å². The van der Waals surface area contributed by atoms with Crippen LogP contribution in [0.5, 0.6) is 5.75 Å². The van der Waals surface area contributed by atoms with E-state index in [1.807, 2.05) is 0 Å². The van der Waals surface area contributed by atoms with Crippen molar-refractivity contribution in [2.45, 2.75) is 10.6 Å². The van der Waals surface area contributed by atoms with Gasteiger partial charge in [0.25, 0.3) is 10.0 Å². The van der Waals surface area contributed by atoms with E-state index in [1.54, 1.807) is 24.3 Å². The first-order valence-corrected chi connectivity index (χ1v) is 12.3. The van der Waals surface area contributed by atoms with Gasteiger partial charge < -0.3 is 9.84 Å². The number of benzene rings is 3. The number of rotatable bonds is 9. The molecule has 0 saturated heterocycles. The van der Waals surface area contributed by atoms with Crippen LogP contribution in [-0.2, 0) is 25.8 Å². The Bertz CT molecular complexity index is 1300. The second-order valence-corrected chi connectivity index (χ2v) is 10.1. The fourth-order valence-electron chi connectivity index (χ4n) is 2.75. The van der Waals surface area contributed by atoms with E-state index < -0.39 is 26.0 Å². The van der Waals surface area contributed by atoms with Crippen LogP contribution in [-0.4, -0.2) is 35.0 Å².